The third-order valence-electron chi connectivity index (χ3n) is 5.57. The molecule has 5 aromatic rings. The van der Waals surface area contributed by atoms with E-state index in [1.54, 1.807) is 6.92 Å². The summed E-state index contributed by atoms with van der Waals surface area (Å²) in [6, 6.07) is 34.4. The van der Waals surface area contributed by atoms with Gasteiger partial charge in [0.15, 0.2) is 0 Å². The Kier molecular flexibility index (Phi) is 4.93. The number of rotatable bonds is 3. The molecule has 1 aromatic heterocycles. The Labute approximate surface area is 186 Å². The smallest absolute Gasteiger partial charge is 0.228 e. The molecule has 0 saturated heterocycles. The molecule has 1 heterocycles. The van der Waals surface area contributed by atoms with E-state index in [1.165, 1.54) is 0 Å². The van der Waals surface area contributed by atoms with Crippen LogP contribution in [-0.2, 0) is 0 Å². The third kappa shape index (κ3) is 3.35. The Hall–Kier alpha value is -3.62. The summed E-state index contributed by atoms with van der Waals surface area (Å²) in [5.74, 6) is -0.0209. The number of nitrogens with zero attached hydrogens (tertiary/aromatic N) is 1. The second-order valence-corrected chi connectivity index (χ2v) is 7.96. The van der Waals surface area contributed by atoms with Gasteiger partial charge in [-0.2, -0.15) is 0 Å². The van der Waals surface area contributed by atoms with Crippen LogP contribution in [0.1, 0.15) is 11.7 Å². The molecule has 3 heteroatoms. The van der Waals surface area contributed by atoms with Gasteiger partial charge in [0.1, 0.15) is 0 Å². The molecule has 0 fully saturated rings. The van der Waals surface area contributed by atoms with Crippen molar-refractivity contribution < 1.29 is 4.79 Å². The number of para-hydroxylation sites is 1. The highest BCUT2D eigenvalue weighted by Crippen LogP contribution is 2.44. The minimum Gasteiger partial charge on any atom is -0.279 e. The molecule has 0 unspecified atom stereocenters. The molecule has 0 N–H and O–H groups in total. The lowest BCUT2D eigenvalue weighted by Crippen LogP contribution is -2.08. The number of fused-ring (bicyclic) bond motifs is 1. The summed E-state index contributed by atoms with van der Waals surface area (Å²) in [6.45, 7) is 1.62. The van der Waals surface area contributed by atoms with Crippen LogP contribution in [0.2, 0.25) is 5.02 Å². The maximum atomic E-state index is 13.1. The van der Waals surface area contributed by atoms with Crippen molar-refractivity contribution in [3.8, 4) is 33.5 Å². The van der Waals surface area contributed by atoms with Crippen LogP contribution in [-0.4, -0.2) is 10.5 Å². The number of hydrogen-bond donors (Lipinski definition) is 0. The monoisotopic (exact) mass is 421 g/mol. The van der Waals surface area contributed by atoms with Crippen LogP contribution < -0.4 is 0 Å². The molecule has 2 nitrogen and oxygen atoms in total. The molecule has 0 bridgehead atoms. The molecule has 0 atom stereocenters. The first-order chi connectivity index (χ1) is 15.1. The molecule has 0 radical (unpaired) electrons. The number of halogens is 1. The van der Waals surface area contributed by atoms with Crippen molar-refractivity contribution in [1.82, 2.24) is 4.57 Å². The van der Waals surface area contributed by atoms with Crippen LogP contribution in [0.3, 0.4) is 0 Å². The summed E-state index contributed by atoms with van der Waals surface area (Å²) in [4.78, 5) is 13.1. The van der Waals surface area contributed by atoms with E-state index in [1.807, 2.05) is 65.2 Å². The van der Waals surface area contributed by atoms with Crippen molar-refractivity contribution in [3.05, 3.63) is 108 Å². The quantitative estimate of drug-likeness (QED) is 0.289. The minimum atomic E-state index is -0.0209. The molecule has 0 amide bonds. The van der Waals surface area contributed by atoms with E-state index in [9.17, 15) is 4.79 Å². The predicted molar refractivity (Wildman–Crippen MR) is 130 cm³/mol. The molecule has 31 heavy (non-hydrogen) atoms. The van der Waals surface area contributed by atoms with Crippen LogP contribution in [0.5, 0.6) is 0 Å². The Balaban J connectivity index is 1.96. The molecule has 5 rings (SSSR count). The zero-order valence-corrected chi connectivity index (χ0v) is 17.8. The summed E-state index contributed by atoms with van der Waals surface area (Å²) >= 11 is 6.13. The van der Waals surface area contributed by atoms with E-state index in [4.69, 9.17) is 11.6 Å². The van der Waals surface area contributed by atoms with Crippen molar-refractivity contribution in [2.24, 2.45) is 0 Å². The first kappa shape index (κ1) is 19.3. The standard InChI is InChI=1S/C28H20ClNO/c1-19(31)30-27(22-11-6-3-7-12-22)26(21-9-4-2-5-10-21)25-14-8-13-24(28(25)30)20-15-17-23(29)18-16-20/h2-18H,1H3. The topological polar surface area (TPSA) is 22.0 Å². The number of hydrogen-bond acceptors (Lipinski definition) is 1. The molecule has 0 spiro atoms. The zero-order chi connectivity index (χ0) is 21.4. The zero-order valence-electron chi connectivity index (χ0n) is 17.0. The van der Waals surface area contributed by atoms with Gasteiger partial charge in [-0.05, 0) is 28.8 Å². The van der Waals surface area contributed by atoms with Gasteiger partial charge in [0, 0.05) is 28.5 Å². The third-order valence-corrected chi connectivity index (χ3v) is 5.82. The van der Waals surface area contributed by atoms with Crippen molar-refractivity contribution >= 4 is 28.4 Å². The van der Waals surface area contributed by atoms with Crippen molar-refractivity contribution in [1.29, 1.82) is 0 Å². The second-order valence-electron chi connectivity index (χ2n) is 7.52. The van der Waals surface area contributed by atoms with E-state index >= 15 is 0 Å². The first-order valence-electron chi connectivity index (χ1n) is 10.2. The lowest BCUT2D eigenvalue weighted by molar-refractivity contribution is 0.0943. The van der Waals surface area contributed by atoms with Gasteiger partial charge in [-0.1, -0.05) is 103 Å². The van der Waals surface area contributed by atoms with Gasteiger partial charge in [0.05, 0.1) is 11.2 Å². The van der Waals surface area contributed by atoms with Crippen molar-refractivity contribution in [2.75, 3.05) is 0 Å². The Morgan fingerprint density at radius 3 is 1.90 bits per heavy atom. The maximum absolute atomic E-state index is 13.1. The molecule has 0 aliphatic rings. The highest BCUT2D eigenvalue weighted by atomic mass is 35.5. The Bertz CT molecular complexity index is 1380. The second kappa shape index (κ2) is 7.90. The highest BCUT2D eigenvalue weighted by Gasteiger charge is 2.24. The van der Waals surface area contributed by atoms with Crippen LogP contribution in [0.25, 0.3) is 44.4 Å². The summed E-state index contributed by atoms with van der Waals surface area (Å²) in [5, 5.41) is 1.74. The van der Waals surface area contributed by atoms with Gasteiger partial charge < -0.3 is 0 Å². The van der Waals surface area contributed by atoms with Crippen LogP contribution in [0.4, 0.5) is 0 Å². The van der Waals surface area contributed by atoms with Gasteiger partial charge >= 0.3 is 0 Å². The van der Waals surface area contributed by atoms with E-state index in [0.717, 1.165) is 44.4 Å². The highest BCUT2D eigenvalue weighted by molar-refractivity contribution is 6.30. The van der Waals surface area contributed by atoms with Gasteiger partial charge in [-0.25, -0.2) is 0 Å². The first-order valence-corrected chi connectivity index (χ1v) is 10.6. The molecule has 0 aliphatic heterocycles. The molecular formula is C28H20ClNO. The predicted octanol–water partition coefficient (Wildman–Crippen LogP) is 7.96. The van der Waals surface area contributed by atoms with Gasteiger partial charge in [0.2, 0.25) is 5.91 Å². The van der Waals surface area contributed by atoms with E-state index in [2.05, 4.69) is 42.5 Å². The van der Waals surface area contributed by atoms with Gasteiger partial charge in [-0.15, -0.1) is 0 Å². The molecule has 4 aromatic carbocycles. The fraction of sp³-hybridized carbons (Fsp3) is 0.0357. The minimum absolute atomic E-state index is 0.0209. The van der Waals surface area contributed by atoms with Gasteiger partial charge in [-0.3, -0.25) is 9.36 Å². The van der Waals surface area contributed by atoms with Gasteiger partial charge in [0.25, 0.3) is 0 Å². The normalized spacial score (nSPS) is 11.0. The van der Waals surface area contributed by atoms with Crippen molar-refractivity contribution in [3.63, 3.8) is 0 Å². The molecule has 0 saturated carbocycles. The molecule has 150 valence electrons. The number of aromatic nitrogens is 1. The maximum Gasteiger partial charge on any atom is 0.228 e. The fourth-order valence-corrected chi connectivity index (χ4v) is 4.41. The number of carbonyl (C=O) groups excluding carboxylic acids is 1. The Morgan fingerprint density at radius 2 is 1.29 bits per heavy atom. The Morgan fingerprint density at radius 1 is 0.677 bits per heavy atom. The average molecular weight is 422 g/mol. The van der Waals surface area contributed by atoms with Crippen LogP contribution in [0, 0.1) is 0 Å². The lowest BCUT2D eigenvalue weighted by atomic mass is 9.96. The van der Waals surface area contributed by atoms with E-state index in [-0.39, 0.29) is 5.91 Å². The average Bonchev–Trinajstić information content (AvgIpc) is 3.16. The largest absolute Gasteiger partial charge is 0.279 e. The molecule has 0 aliphatic carbocycles. The number of carbonyl (C=O) groups is 1. The van der Waals surface area contributed by atoms with Crippen LogP contribution >= 0.6 is 11.6 Å². The summed E-state index contributed by atoms with van der Waals surface area (Å²) < 4.78 is 1.86. The SMILES string of the molecule is CC(=O)n1c(-c2ccccc2)c(-c2ccccc2)c2cccc(-c3ccc(Cl)cc3)c21. The lowest BCUT2D eigenvalue weighted by Gasteiger charge is -2.11. The van der Waals surface area contributed by atoms with E-state index in [0.29, 0.717) is 5.02 Å². The van der Waals surface area contributed by atoms with Crippen molar-refractivity contribution in [2.45, 2.75) is 6.92 Å². The fourth-order valence-electron chi connectivity index (χ4n) is 4.28. The summed E-state index contributed by atoms with van der Waals surface area (Å²) in [5.41, 5.74) is 7.01. The summed E-state index contributed by atoms with van der Waals surface area (Å²) in [7, 11) is 0. The number of benzene rings is 4. The van der Waals surface area contributed by atoms with E-state index < -0.39 is 0 Å². The molecular weight excluding hydrogens is 402 g/mol. The van der Waals surface area contributed by atoms with Crippen LogP contribution in [0.15, 0.2) is 103 Å². The summed E-state index contributed by atoms with van der Waals surface area (Å²) in [6.07, 6.45) is 0.